The van der Waals surface area contributed by atoms with Crippen LogP contribution in [0.5, 0.6) is 0 Å². The van der Waals surface area contributed by atoms with Crippen LogP contribution in [0.1, 0.15) is 68.8 Å². The Labute approximate surface area is 361 Å². The molecule has 4 aliphatic carbocycles. The van der Waals surface area contributed by atoms with Crippen molar-refractivity contribution >= 4 is 66.0 Å². The Kier molecular flexibility index (Phi) is 8.98. The lowest BCUT2D eigenvalue weighted by Gasteiger charge is -2.22. The van der Waals surface area contributed by atoms with Crippen LogP contribution in [0.25, 0.3) is 82.8 Å². The average Bonchev–Trinajstić information content (AvgIpc) is 3.87. The Morgan fingerprint density at radius 3 is 1.76 bits per heavy atom. The molecule has 5 aromatic carbocycles. The average molecular weight is 800 g/mol. The molecule has 62 heavy (non-hydrogen) atoms. The number of aromatic nitrogens is 5. The van der Waals surface area contributed by atoms with Gasteiger partial charge < -0.3 is 9.13 Å². The minimum Gasteiger partial charge on any atom is -0.313 e. The number of nitrogens with zero attached hydrogens (tertiary/aromatic N) is 5. The Morgan fingerprint density at radius 1 is 0.403 bits per heavy atom. The molecule has 0 unspecified atom stereocenters. The molecular weight excluding hydrogens is 755 g/mol. The van der Waals surface area contributed by atoms with Crippen molar-refractivity contribution in [3.8, 4) is 16.8 Å². The quantitative estimate of drug-likeness (QED) is 0.161. The van der Waals surface area contributed by atoms with Crippen LogP contribution in [-0.4, -0.2) is 24.1 Å². The van der Waals surface area contributed by atoms with E-state index < -0.39 is 0 Å². The van der Waals surface area contributed by atoms with Gasteiger partial charge in [-0.15, -0.1) is 0 Å². The van der Waals surface area contributed by atoms with Crippen LogP contribution >= 0.6 is 0 Å². The fourth-order valence-corrected chi connectivity index (χ4v) is 10.00. The van der Waals surface area contributed by atoms with Crippen molar-refractivity contribution < 1.29 is 0 Å². The summed E-state index contributed by atoms with van der Waals surface area (Å²) in [5.74, 6) is 2.40. The van der Waals surface area contributed by atoms with Gasteiger partial charge >= 0.3 is 0 Å². The topological polar surface area (TPSA) is 48.5 Å². The molecule has 0 atom stereocenters. The summed E-state index contributed by atoms with van der Waals surface area (Å²) in [6, 6.07) is 42.3. The Hall–Kier alpha value is -7.37. The van der Waals surface area contributed by atoms with E-state index in [0.29, 0.717) is 0 Å². The van der Waals surface area contributed by atoms with Gasteiger partial charge in [0.1, 0.15) is 0 Å². The molecule has 0 bridgehead atoms. The van der Waals surface area contributed by atoms with E-state index in [9.17, 15) is 0 Å². The number of para-hydroxylation sites is 3. The molecule has 4 aliphatic rings. The lowest BCUT2D eigenvalue weighted by Crippen LogP contribution is -2.09. The molecule has 8 aromatic rings. The third-order valence-electron chi connectivity index (χ3n) is 13.1. The Morgan fingerprint density at radius 2 is 1.03 bits per heavy atom. The van der Waals surface area contributed by atoms with E-state index in [4.69, 9.17) is 15.0 Å². The first kappa shape index (κ1) is 36.5. The normalized spacial score (nSPS) is 16.6. The molecule has 298 valence electrons. The summed E-state index contributed by atoms with van der Waals surface area (Å²) >= 11 is 0. The summed E-state index contributed by atoms with van der Waals surface area (Å²) in [5.41, 5.74) is 16.2. The third-order valence-corrected chi connectivity index (χ3v) is 13.1. The van der Waals surface area contributed by atoms with Crippen molar-refractivity contribution in [2.75, 3.05) is 0 Å². The highest BCUT2D eigenvalue weighted by Gasteiger charge is 2.22. The molecule has 0 fully saturated rings. The highest BCUT2D eigenvalue weighted by molar-refractivity contribution is 6.13. The molecule has 0 saturated heterocycles. The van der Waals surface area contributed by atoms with Crippen molar-refractivity contribution in [3.63, 3.8) is 0 Å². The van der Waals surface area contributed by atoms with Crippen LogP contribution in [0.15, 0.2) is 187 Å². The lowest BCUT2D eigenvalue weighted by atomic mass is 9.88. The number of hydrogen-bond acceptors (Lipinski definition) is 3. The van der Waals surface area contributed by atoms with Gasteiger partial charge in [0.2, 0.25) is 0 Å². The first-order valence-corrected chi connectivity index (χ1v) is 22.2. The second-order valence-electron chi connectivity index (χ2n) is 16.8. The summed E-state index contributed by atoms with van der Waals surface area (Å²) in [6.45, 7) is 0. The van der Waals surface area contributed by atoms with Gasteiger partial charge in [0, 0.05) is 38.5 Å². The van der Waals surface area contributed by atoms with Gasteiger partial charge in [0.15, 0.2) is 17.5 Å². The van der Waals surface area contributed by atoms with Gasteiger partial charge in [0.05, 0.1) is 22.1 Å². The Bertz CT molecular complexity index is 3390. The number of fused-ring (bicyclic) bond motifs is 6. The van der Waals surface area contributed by atoms with Crippen molar-refractivity contribution in [2.45, 2.75) is 51.4 Å². The van der Waals surface area contributed by atoms with E-state index in [1.807, 2.05) is 0 Å². The highest BCUT2D eigenvalue weighted by atomic mass is 15.0. The predicted octanol–water partition coefficient (Wildman–Crippen LogP) is 14.6. The maximum absolute atomic E-state index is 5.06. The third kappa shape index (κ3) is 6.35. The number of allylic oxidation sites excluding steroid dienone is 16. The second-order valence-corrected chi connectivity index (χ2v) is 16.8. The molecule has 5 nitrogen and oxygen atoms in total. The summed E-state index contributed by atoms with van der Waals surface area (Å²) in [7, 11) is 0. The van der Waals surface area contributed by atoms with E-state index in [1.54, 1.807) is 0 Å². The minimum atomic E-state index is 0.783. The number of hydrogen-bond donors (Lipinski definition) is 0. The molecule has 5 heteroatoms. The molecule has 0 spiro atoms. The summed E-state index contributed by atoms with van der Waals surface area (Å²) in [6.07, 6.45) is 30.3. The van der Waals surface area contributed by atoms with Gasteiger partial charge in [0.25, 0.3) is 0 Å². The predicted molar refractivity (Wildman–Crippen MR) is 259 cm³/mol. The monoisotopic (exact) mass is 799 g/mol. The van der Waals surface area contributed by atoms with Crippen molar-refractivity contribution in [3.05, 3.63) is 205 Å². The molecule has 0 N–H and O–H groups in total. The van der Waals surface area contributed by atoms with Gasteiger partial charge in [-0.05, 0) is 133 Å². The van der Waals surface area contributed by atoms with Crippen LogP contribution in [-0.2, 0) is 0 Å². The van der Waals surface area contributed by atoms with Gasteiger partial charge in [-0.25, -0.2) is 15.0 Å². The zero-order valence-corrected chi connectivity index (χ0v) is 34.6. The highest BCUT2D eigenvalue weighted by Crippen LogP contribution is 2.41. The van der Waals surface area contributed by atoms with Crippen LogP contribution in [0, 0.1) is 0 Å². The largest absolute Gasteiger partial charge is 0.313 e. The fraction of sp³-hybridized carbons (Fsp3) is 0.140. The van der Waals surface area contributed by atoms with Crippen LogP contribution in [0.4, 0.5) is 0 Å². The number of benzene rings is 5. The van der Waals surface area contributed by atoms with E-state index >= 15 is 0 Å². The molecule has 3 heterocycles. The zero-order chi connectivity index (χ0) is 41.0. The van der Waals surface area contributed by atoms with E-state index in [2.05, 4.69) is 185 Å². The van der Waals surface area contributed by atoms with Gasteiger partial charge in [-0.1, -0.05) is 127 Å². The van der Waals surface area contributed by atoms with Gasteiger partial charge in [-0.2, -0.15) is 0 Å². The van der Waals surface area contributed by atoms with Crippen LogP contribution in [0.3, 0.4) is 0 Å². The maximum Gasteiger partial charge on any atom is 0.163 e. The zero-order valence-electron chi connectivity index (χ0n) is 34.6. The smallest absolute Gasteiger partial charge is 0.163 e. The Balaban J connectivity index is 0.890. The van der Waals surface area contributed by atoms with Crippen LogP contribution < -0.4 is 0 Å². The summed E-state index contributed by atoms with van der Waals surface area (Å²) in [5, 5.41) is 5.10. The van der Waals surface area contributed by atoms with Gasteiger partial charge in [-0.3, -0.25) is 0 Å². The fourth-order valence-electron chi connectivity index (χ4n) is 10.00. The van der Waals surface area contributed by atoms with Crippen molar-refractivity contribution in [1.82, 2.24) is 24.1 Å². The minimum absolute atomic E-state index is 0.783. The standard InChI is InChI=1S/C57H45N5/c1-4-14-40(15-5-1)55-58-56(41-16-6-2-7-17-41)60-57(59-55)42-26-24-38(25-27-42)39-28-32-46(33-29-39)62-51-22-12-10-20-47(51)49-34-30-44(37-54(49)62)43-31-35-53-50(36-43)48-21-11-13-23-52(48)61(53)45-18-8-3-9-19-45/h1,3-4,6,8-14,16-24,26,28,30-32,34-37H,2,5,7,15,25,27,29,33H2. The first-order valence-electron chi connectivity index (χ1n) is 22.2. The molecule has 3 aromatic heterocycles. The van der Waals surface area contributed by atoms with Crippen molar-refractivity contribution in [1.29, 1.82) is 0 Å². The summed E-state index contributed by atoms with van der Waals surface area (Å²) in [4.78, 5) is 15.1. The SMILES string of the molecule is C1=CCCC(c2nc(C3=CCCC=C3)nc(C3=CC=C(C4=CC=C(n5c6ccccc6c6ccc(-c7ccc8c(c7)c7ccccc7n8-c7ccccc7)cc65)CC4)CC3)n2)=C1. The number of rotatable bonds is 7. The molecular formula is C57H45N5. The van der Waals surface area contributed by atoms with E-state index in [-0.39, 0.29) is 0 Å². The van der Waals surface area contributed by atoms with E-state index in [0.717, 1.165) is 74.4 Å². The van der Waals surface area contributed by atoms with E-state index in [1.165, 1.54) is 88.4 Å². The maximum atomic E-state index is 5.06. The molecule has 0 saturated carbocycles. The first-order chi connectivity index (χ1) is 30.7. The molecule has 0 aliphatic heterocycles. The second kappa shape index (κ2) is 15.3. The summed E-state index contributed by atoms with van der Waals surface area (Å²) < 4.78 is 4.90. The molecule has 12 rings (SSSR count). The lowest BCUT2D eigenvalue weighted by molar-refractivity contribution is 0.875. The van der Waals surface area contributed by atoms with Crippen LogP contribution in [0.2, 0.25) is 0 Å². The molecule has 0 amide bonds. The van der Waals surface area contributed by atoms with Crippen molar-refractivity contribution in [2.24, 2.45) is 0 Å². The molecule has 0 radical (unpaired) electrons.